The van der Waals surface area contributed by atoms with Crippen molar-refractivity contribution in [2.75, 3.05) is 26.7 Å². The van der Waals surface area contributed by atoms with E-state index in [2.05, 4.69) is 11.9 Å². The minimum Gasteiger partial charge on any atom is -0.330 e. The van der Waals surface area contributed by atoms with Crippen molar-refractivity contribution >= 4 is 0 Å². The molecule has 0 unspecified atom stereocenters. The first kappa shape index (κ1) is 6.05. The zero-order valence-electron chi connectivity index (χ0n) is 5.43. The van der Waals surface area contributed by atoms with E-state index in [0.717, 1.165) is 12.5 Å². The Kier molecular flexibility index (Phi) is 1.86. The lowest BCUT2D eigenvalue weighted by Crippen LogP contribution is -2.18. The van der Waals surface area contributed by atoms with Crippen molar-refractivity contribution < 1.29 is 0 Å². The highest BCUT2D eigenvalue weighted by atomic mass is 15.1. The van der Waals surface area contributed by atoms with Crippen molar-refractivity contribution in [1.82, 2.24) is 4.90 Å². The summed E-state index contributed by atoms with van der Waals surface area (Å²) < 4.78 is 0. The van der Waals surface area contributed by atoms with E-state index in [4.69, 9.17) is 5.73 Å². The molecule has 2 nitrogen and oxygen atoms in total. The molecule has 2 N–H and O–H groups in total. The molecular formula is C6H14N2. The molecule has 0 aromatic carbocycles. The Balaban J connectivity index is 2.22. The Morgan fingerprint density at radius 2 is 2.50 bits per heavy atom. The van der Waals surface area contributed by atoms with E-state index in [1.54, 1.807) is 0 Å². The van der Waals surface area contributed by atoms with Gasteiger partial charge in [0, 0.05) is 6.54 Å². The third kappa shape index (κ3) is 1.20. The van der Waals surface area contributed by atoms with Crippen molar-refractivity contribution in [3.05, 3.63) is 0 Å². The number of hydrogen-bond donors (Lipinski definition) is 1. The molecule has 0 aromatic heterocycles. The summed E-state index contributed by atoms with van der Waals surface area (Å²) in [6, 6.07) is 0. The van der Waals surface area contributed by atoms with Gasteiger partial charge in [-0.25, -0.2) is 0 Å². The molecule has 1 aliphatic rings. The van der Waals surface area contributed by atoms with Gasteiger partial charge in [-0.3, -0.25) is 0 Å². The number of rotatable bonds is 1. The highest BCUT2D eigenvalue weighted by molar-refractivity contribution is 4.72. The summed E-state index contributed by atoms with van der Waals surface area (Å²) in [5.41, 5.74) is 5.47. The summed E-state index contributed by atoms with van der Waals surface area (Å²) in [4.78, 5) is 2.33. The smallest absolute Gasteiger partial charge is 0.00191 e. The van der Waals surface area contributed by atoms with E-state index in [-0.39, 0.29) is 0 Å². The van der Waals surface area contributed by atoms with Crippen LogP contribution in [0.25, 0.3) is 0 Å². The summed E-state index contributed by atoms with van der Waals surface area (Å²) >= 11 is 0. The van der Waals surface area contributed by atoms with Crippen LogP contribution >= 0.6 is 0 Å². The molecule has 0 amide bonds. The minimum absolute atomic E-state index is 0.778. The molecule has 0 aromatic rings. The zero-order valence-corrected chi connectivity index (χ0v) is 5.43. The molecule has 8 heavy (non-hydrogen) atoms. The highest BCUT2D eigenvalue weighted by Crippen LogP contribution is 2.11. The van der Waals surface area contributed by atoms with Gasteiger partial charge in [0.1, 0.15) is 0 Å². The second-order valence-corrected chi connectivity index (χ2v) is 2.65. The maximum atomic E-state index is 5.47. The second-order valence-electron chi connectivity index (χ2n) is 2.65. The Bertz CT molecular complexity index is 72.9. The van der Waals surface area contributed by atoms with Crippen molar-refractivity contribution in [2.45, 2.75) is 6.42 Å². The molecule has 0 saturated carbocycles. The molecule has 0 bridgehead atoms. The first-order valence-corrected chi connectivity index (χ1v) is 3.21. The van der Waals surface area contributed by atoms with E-state index in [9.17, 15) is 0 Å². The Morgan fingerprint density at radius 1 is 1.75 bits per heavy atom. The van der Waals surface area contributed by atoms with Gasteiger partial charge in [-0.2, -0.15) is 0 Å². The van der Waals surface area contributed by atoms with Crippen LogP contribution in [0.15, 0.2) is 0 Å². The van der Waals surface area contributed by atoms with E-state index in [1.807, 2.05) is 0 Å². The highest BCUT2D eigenvalue weighted by Gasteiger charge is 2.16. The van der Waals surface area contributed by atoms with Crippen LogP contribution in [0.1, 0.15) is 6.42 Å². The van der Waals surface area contributed by atoms with Crippen LogP contribution in [0.2, 0.25) is 0 Å². The topological polar surface area (TPSA) is 29.3 Å². The quantitative estimate of drug-likeness (QED) is 0.515. The predicted octanol–water partition coefficient (Wildman–Crippen LogP) is -0.103. The van der Waals surface area contributed by atoms with Gasteiger partial charge in [-0.1, -0.05) is 0 Å². The number of likely N-dealkylation sites (tertiary alicyclic amines) is 1. The fourth-order valence-corrected chi connectivity index (χ4v) is 1.22. The summed E-state index contributed by atoms with van der Waals surface area (Å²) in [5.74, 6) is 0.778. The van der Waals surface area contributed by atoms with Crippen LogP contribution in [0.5, 0.6) is 0 Å². The third-order valence-corrected chi connectivity index (χ3v) is 1.82. The van der Waals surface area contributed by atoms with E-state index < -0.39 is 0 Å². The van der Waals surface area contributed by atoms with Gasteiger partial charge in [0.05, 0.1) is 0 Å². The first-order chi connectivity index (χ1) is 3.83. The molecule has 1 aliphatic heterocycles. The molecule has 0 aliphatic carbocycles. The zero-order chi connectivity index (χ0) is 5.98. The second kappa shape index (κ2) is 2.46. The molecule has 0 radical (unpaired) electrons. The molecule has 1 heterocycles. The number of nitrogens with zero attached hydrogens (tertiary/aromatic N) is 1. The van der Waals surface area contributed by atoms with Crippen molar-refractivity contribution in [1.29, 1.82) is 0 Å². The molecule has 0 spiro atoms. The maximum Gasteiger partial charge on any atom is 0.00191 e. The van der Waals surface area contributed by atoms with Crippen LogP contribution in [0.4, 0.5) is 0 Å². The van der Waals surface area contributed by atoms with Crippen LogP contribution in [-0.4, -0.2) is 31.6 Å². The molecule has 1 atom stereocenters. The van der Waals surface area contributed by atoms with Crippen molar-refractivity contribution in [3.8, 4) is 0 Å². The number of hydrogen-bond acceptors (Lipinski definition) is 2. The van der Waals surface area contributed by atoms with Gasteiger partial charge in [-0.15, -0.1) is 0 Å². The van der Waals surface area contributed by atoms with Gasteiger partial charge in [-0.05, 0) is 32.5 Å². The van der Waals surface area contributed by atoms with Crippen molar-refractivity contribution in [3.63, 3.8) is 0 Å². The molecule has 48 valence electrons. The third-order valence-electron chi connectivity index (χ3n) is 1.82. The Labute approximate surface area is 50.7 Å². The lowest BCUT2D eigenvalue weighted by Gasteiger charge is -2.05. The van der Waals surface area contributed by atoms with Crippen LogP contribution in [0, 0.1) is 5.92 Å². The molecule has 1 saturated heterocycles. The molecular weight excluding hydrogens is 100 g/mol. The normalized spacial score (nSPS) is 31.5. The van der Waals surface area contributed by atoms with Gasteiger partial charge in [0.2, 0.25) is 0 Å². The molecule has 1 rings (SSSR count). The standard InChI is InChI=1S/C6H14N2/c1-8-3-2-6(4-7)5-8/h6H,2-5,7H2,1H3/t6-/m1/s1. The molecule has 2 heteroatoms. The maximum absolute atomic E-state index is 5.47. The summed E-state index contributed by atoms with van der Waals surface area (Å²) in [6.45, 7) is 3.31. The van der Waals surface area contributed by atoms with Gasteiger partial charge < -0.3 is 10.6 Å². The Morgan fingerprint density at radius 3 is 2.75 bits per heavy atom. The van der Waals surface area contributed by atoms with E-state index in [1.165, 1.54) is 19.5 Å². The first-order valence-electron chi connectivity index (χ1n) is 3.21. The average Bonchev–Trinajstić information content (AvgIpc) is 2.14. The van der Waals surface area contributed by atoms with Crippen LogP contribution < -0.4 is 5.73 Å². The fourth-order valence-electron chi connectivity index (χ4n) is 1.22. The lowest BCUT2D eigenvalue weighted by atomic mass is 10.1. The predicted molar refractivity (Wildman–Crippen MR) is 34.7 cm³/mol. The monoisotopic (exact) mass is 114 g/mol. The summed E-state index contributed by atoms with van der Waals surface area (Å²) in [6.07, 6.45) is 1.30. The van der Waals surface area contributed by atoms with E-state index in [0.29, 0.717) is 0 Å². The number of nitrogens with two attached hydrogens (primary N) is 1. The Hall–Kier alpha value is -0.0800. The minimum atomic E-state index is 0.778. The van der Waals surface area contributed by atoms with Gasteiger partial charge in [0.15, 0.2) is 0 Å². The molecule has 1 fully saturated rings. The van der Waals surface area contributed by atoms with Crippen LogP contribution in [-0.2, 0) is 0 Å². The largest absolute Gasteiger partial charge is 0.330 e. The van der Waals surface area contributed by atoms with Gasteiger partial charge >= 0.3 is 0 Å². The summed E-state index contributed by atoms with van der Waals surface area (Å²) in [5, 5.41) is 0. The van der Waals surface area contributed by atoms with E-state index >= 15 is 0 Å². The van der Waals surface area contributed by atoms with Crippen molar-refractivity contribution in [2.24, 2.45) is 11.7 Å². The van der Waals surface area contributed by atoms with Gasteiger partial charge in [0.25, 0.3) is 0 Å². The summed E-state index contributed by atoms with van der Waals surface area (Å²) in [7, 11) is 2.15. The SMILES string of the molecule is CN1CC[C@H](CN)C1. The fraction of sp³-hybridized carbons (Fsp3) is 1.00. The lowest BCUT2D eigenvalue weighted by molar-refractivity contribution is 0.397. The average molecular weight is 114 g/mol. The van der Waals surface area contributed by atoms with Crippen LogP contribution in [0.3, 0.4) is 0 Å².